The van der Waals surface area contributed by atoms with Crippen molar-refractivity contribution in [3.63, 3.8) is 0 Å². The third kappa shape index (κ3) is 2.75. The maximum atomic E-state index is 11.0. The number of hydrogen-bond acceptors (Lipinski definition) is 2. The first-order chi connectivity index (χ1) is 7.60. The van der Waals surface area contributed by atoms with Crippen molar-refractivity contribution in [2.45, 2.75) is 32.7 Å². The summed E-state index contributed by atoms with van der Waals surface area (Å²) in [4.78, 5) is 12.8. The van der Waals surface area contributed by atoms with Crippen molar-refractivity contribution in [2.75, 3.05) is 11.9 Å². The van der Waals surface area contributed by atoms with Crippen molar-refractivity contribution in [3.05, 3.63) is 29.8 Å². The third-order valence-electron chi connectivity index (χ3n) is 2.89. The molecule has 0 heterocycles. The molecular weight excluding hydrogens is 202 g/mol. The molecule has 1 rings (SSSR count). The molecule has 1 atom stereocenters. The van der Waals surface area contributed by atoms with Crippen molar-refractivity contribution in [2.24, 2.45) is 0 Å². The van der Waals surface area contributed by atoms with E-state index in [9.17, 15) is 4.79 Å². The second-order valence-electron chi connectivity index (χ2n) is 3.89. The van der Waals surface area contributed by atoms with Crippen molar-refractivity contribution >= 4 is 11.7 Å². The summed E-state index contributed by atoms with van der Waals surface area (Å²) >= 11 is 0. The first-order valence-corrected chi connectivity index (χ1v) is 5.64. The number of aliphatic carboxylic acids is 1. The van der Waals surface area contributed by atoms with Crippen molar-refractivity contribution in [1.82, 2.24) is 0 Å². The Kier molecular flexibility index (Phi) is 4.35. The lowest BCUT2D eigenvalue weighted by atomic mass is 10.1. The number of carbonyl (C=O) groups is 1. The lowest BCUT2D eigenvalue weighted by Crippen LogP contribution is -2.37. The van der Waals surface area contributed by atoms with Gasteiger partial charge in [-0.25, -0.2) is 4.79 Å². The first-order valence-electron chi connectivity index (χ1n) is 5.64. The Morgan fingerprint density at radius 2 is 1.88 bits per heavy atom. The minimum absolute atomic E-state index is 0.451. The van der Waals surface area contributed by atoms with Gasteiger partial charge in [0.15, 0.2) is 0 Å². The molecule has 0 aliphatic heterocycles. The average Bonchev–Trinajstić information content (AvgIpc) is 2.29. The molecule has 0 unspecified atom stereocenters. The molecule has 88 valence electrons. The van der Waals surface area contributed by atoms with E-state index < -0.39 is 12.0 Å². The lowest BCUT2D eigenvalue weighted by molar-refractivity contribution is -0.138. The van der Waals surface area contributed by atoms with Crippen LogP contribution in [0.25, 0.3) is 0 Å². The predicted octanol–water partition coefficient (Wildman–Crippen LogP) is 2.55. The van der Waals surface area contributed by atoms with Gasteiger partial charge in [0.05, 0.1) is 0 Å². The molecular formula is C13H19NO2. The van der Waals surface area contributed by atoms with Crippen molar-refractivity contribution in [3.8, 4) is 0 Å². The number of likely N-dealkylation sites (N-methyl/N-ethyl adjacent to an activating group) is 1. The minimum atomic E-state index is -0.774. The summed E-state index contributed by atoms with van der Waals surface area (Å²) < 4.78 is 0. The molecule has 0 saturated carbocycles. The van der Waals surface area contributed by atoms with Crippen LogP contribution >= 0.6 is 0 Å². The van der Waals surface area contributed by atoms with Gasteiger partial charge in [0.25, 0.3) is 0 Å². The van der Waals surface area contributed by atoms with Gasteiger partial charge in [-0.15, -0.1) is 0 Å². The van der Waals surface area contributed by atoms with Gasteiger partial charge in [0.2, 0.25) is 0 Å². The molecule has 0 amide bonds. The molecule has 0 fully saturated rings. The van der Waals surface area contributed by atoms with Crippen LogP contribution in [0.3, 0.4) is 0 Å². The highest BCUT2D eigenvalue weighted by atomic mass is 16.4. The zero-order chi connectivity index (χ0) is 12.1. The molecule has 0 spiro atoms. The molecule has 1 aromatic carbocycles. The molecule has 0 bridgehead atoms. The average molecular weight is 221 g/mol. The van der Waals surface area contributed by atoms with E-state index >= 15 is 0 Å². The molecule has 0 aliphatic carbocycles. The van der Waals surface area contributed by atoms with E-state index in [0.717, 1.165) is 12.1 Å². The number of rotatable bonds is 5. The minimum Gasteiger partial charge on any atom is -0.480 e. The monoisotopic (exact) mass is 221 g/mol. The van der Waals surface area contributed by atoms with Gasteiger partial charge in [-0.05, 0) is 30.5 Å². The summed E-state index contributed by atoms with van der Waals surface area (Å²) in [5, 5.41) is 9.06. The van der Waals surface area contributed by atoms with Crippen LogP contribution in [-0.2, 0) is 11.2 Å². The molecule has 0 aliphatic rings. The summed E-state index contributed by atoms with van der Waals surface area (Å²) in [5.41, 5.74) is 2.21. The van der Waals surface area contributed by atoms with Crippen molar-refractivity contribution < 1.29 is 9.90 Å². The molecule has 0 radical (unpaired) electrons. The summed E-state index contributed by atoms with van der Waals surface area (Å²) in [5.74, 6) is -0.774. The fourth-order valence-electron chi connectivity index (χ4n) is 1.76. The number of benzene rings is 1. The van der Waals surface area contributed by atoms with Crippen molar-refractivity contribution in [1.29, 1.82) is 0 Å². The molecule has 1 aromatic rings. The molecule has 3 heteroatoms. The number of carboxylic acids is 1. The van der Waals surface area contributed by atoms with E-state index in [1.165, 1.54) is 5.56 Å². The van der Waals surface area contributed by atoms with Gasteiger partial charge in [-0.1, -0.05) is 26.0 Å². The molecule has 16 heavy (non-hydrogen) atoms. The van der Waals surface area contributed by atoms with Crippen LogP contribution in [0.5, 0.6) is 0 Å². The Hall–Kier alpha value is -1.51. The Morgan fingerprint density at radius 1 is 1.31 bits per heavy atom. The molecule has 1 N–H and O–H groups in total. The van der Waals surface area contributed by atoms with E-state index in [0.29, 0.717) is 6.42 Å². The molecule has 3 nitrogen and oxygen atoms in total. The number of nitrogens with zero attached hydrogens (tertiary/aromatic N) is 1. The van der Waals surface area contributed by atoms with Crippen LogP contribution in [-0.4, -0.2) is 24.2 Å². The van der Waals surface area contributed by atoms with Crippen LogP contribution in [0.15, 0.2) is 24.3 Å². The van der Waals surface area contributed by atoms with Gasteiger partial charge in [0, 0.05) is 12.7 Å². The van der Waals surface area contributed by atoms with Crippen LogP contribution < -0.4 is 4.90 Å². The summed E-state index contributed by atoms with van der Waals surface area (Å²) in [6, 6.07) is 7.59. The maximum absolute atomic E-state index is 11.0. The Morgan fingerprint density at radius 3 is 2.25 bits per heavy atom. The lowest BCUT2D eigenvalue weighted by Gasteiger charge is -2.25. The zero-order valence-electron chi connectivity index (χ0n) is 10.1. The van der Waals surface area contributed by atoms with E-state index in [1.807, 2.05) is 43.1 Å². The normalized spacial score (nSPS) is 12.2. The SMILES string of the molecule is CCc1ccc(N(C)[C@@H](CC)C(=O)O)cc1. The summed E-state index contributed by atoms with van der Waals surface area (Å²) in [7, 11) is 1.82. The third-order valence-corrected chi connectivity index (χ3v) is 2.89. The predicted molar refractivity (Wildman–Crippen MR) is 65.9 cm³/mol. The first kappa shape index (κ1) is 12.6. The largest absolute Gasteiger partial charge is 0.480 e. The van der Waals surface area contributed by atoms with E-state index in [1.54, 1.807) is 0 Å². The highest BCUT2D eigenvalue weighted by Crippen LogP contribution is 2.18. The number of hydrogen-bond donors (Lipinski definition) is 1. The number of aryl methyl sites for hydroxylation is 1. The highest BCUT2D eigenvalue weighted by molar-refractivity contribution is 5.77. The van der Waals surface area contributed by atoms with Gasteiger partial charge in [-0.2, -0.15) is 0 Å². The highest BCUT2D eigenvalue weighted by Gasteiger charge is 2.20. The zero-order valence-corrected chi connectivity index (χ0v) is 10.1. The van der Waals surface area contributed by atoms with Crippen LogP contribution in [0.4, 0.5) is 5.69 Å². The van der Waals surface area contributed by atoms with Gasteiger partial charge in [-0.3, -0.25) is 0 Å². The summed E-state index contributed by atoms with van der Waals surface area (Å²) in [6.07, 6.45) is 1.60. The van der Waals surface area contributed by atoms with E-state index in [-0.39, 0.29) is 0 Å². The van der Waals surface area contributed by atoms with Gasteiger partial charge >= 0.3 is 5.97 Å². The van der Waals surface area contributed by atoms with E-state index in [2.05, 4.69) is 6.92 Å². The quantitative estimate of drug-likeness (QED) is 0.830. The Bertz CT molecular complexity index is 345. The molecule has 0 aromatic heterocycles. The van der Waals surface area contributed by atoms with Crippen LogP contribution in [0.1, 0.15) is 25.8 Å². The molecule has 0 saturated heterocycles. The Balaban J connectivity index is 2.86. The second-order valence-corrected chi connectivity index (χ2v) is 3.89. The van der Waals surface area contributed by atoms with Crippen LogP contribution in [0.2, 0.25) is 0 Å². The Labute approximate surface area is 96.7 Å². The van der Waals surface area contributed by atoms with Gasteiger partial charge < -0.3 is 10.0 Å². The van der Waals surface area contributed by atoms with E-state index in [4.69, 9.17) is 5.11 Å². The number of carboxylic acid groups (broad SMARTS) is 1. The topological polar surface area (TPSA) is 40.5 Å². The second kappa shape index (κ2) is 5.54. The van der Waals surface area contributed by atoms with Gasteiger partial charge in [0.1, 0.15) is 6.04 Å². The van der Waals surface area contributed by atoms with Crippen LogP contribution in [0, 0.1) is 0 Å². The number of anilines is 1. The summed E-state index contributed by atoms with van der Waals surface area (Å²) in [6.45, 7) is 3.99. The fourth-order valence-corrected chi connectivity index (χ4v) is 1.76. The standard InChI is InChI=1S/C13H19NO2/c1-4-10-6-8-11(9-7-10)14(3)12(5-2)13(15)16/h6-9,12H,4-5H2,1-3H3,(H,15,16)/t12-/m0/s1. The smallest absolute Gasteiger partial charge is 0.326 e. The fraction of sp³-hybridized carbons (Fsp3) is 0.462. The maximum Gasteiger partial charge on any atom is 0.326 e.